The lowest BCUT2D eigenvalue weighted by Gasteiger charge is -2.11. The SMILES string of the molecule is CCCNC(=O)CNC(=O)c1ccccc1Oc1ccccc1. The Morgan fingerprint density at radius 1 is 0.957 bits per heavy atom. The van der Waals surface area contributed by atoms with Crippen LogP contribution in [0.2, 0.25) is 0 Å². The van der Waals surface area contributed by atoms with Crippen LogP contribution in [0.5, 0.6) is 11.5 Å². The number of rotatable bonds is 7. The molecule has 0 aliphatic heterocycles. The van der Waals surface area contributed by atoms with Crippen LogP contribution in [0.3, 0.4) is 0 Å². The average molecular weight is 312 g/mol. The minimum absolute atomic E-state index is 0.0570. The summed E-state index contributed by atoms with van der Waals surface area (Å²) in [5, 5.41) is 5.31. The maximum Gasteiger partial charge on any atom is 0.255 e. The van der Waals surface area contributed by atoms with Gasteiger partial charge in [0.1, 0.15) is 11.5 Å². The third-order valence-corrected chi connectivity index (χ3v) is 3.08. The van der Waals surface area contributed by atoms with Crippen molar-refractivity contribution in [2.24, 2.45) is 0 Å². The van der Waals surface area contributed by atoms with Gasteiger partial charge in [0.15, 0.2) is 0 Å². The Balaban J connectivity index is 2.01. The molecule has 0 atom stereocenters. The van der Waals surface area contributed by atoms with Crippen LogP contribution in [0, 0.1) is 0 Å². The maximum atomic E-state index is 12.3. The molecule has 23 heavy (non-hydrogen) atoms. The minimum Gasteiger partial charge on any atom is -0.457 e. The van der Waals surface area contributed by atoms with Crippen LogP contribution in [0.1, 0.15) is 23.7 Å². The van der Waals surface area contributed by atoms with Crippen molar-refractivity contribution in [1.82, 2.24) is 10.6 Å². The minimum atomic E-state index is -0.344. The van der Waals surface area contributed by atoms with Crippen LogP contribution in [0.4, 0.5) is 0 Å². The van der Waals surface area contributed by atoms with Crippen molar-refractivity contribution in [2.75, 3.05) is 13.1 Å². The van der Waals surface area contributed by atoms with E-state index in [1.807, 2.05) is 37.3 Å². The molecule has 0 bridgehead atoms. The summed E-state index contributed by atoms with van der Waals surface area (Å²) < 4.78 is 5.74. The van der Waals surface area contributed by atoms with Gasteiger partial charge in [-0.15, -0.1) is 0 Å². The van der Waals surface area contributed by atoms with Gasteiger partial charge < -0.3 is 15.4 Å². The van der Waals surface area contributed by atoms with Crippen molar-refractivity contribution >= 4 is 11.8 Å². The van der Waals surface area contributed by atoms with Gasteiger partial charge >= 0.3 is 0 Å². The summed E-state index contributed by atoms with van der Waals surface area (Å²) in [5.74, 6) is 0.545. The smallest absolute Gasteiger partial charge is 0.255 e. The fraction of sp³-hybridized carbons (Fsp3) is 0.222. The Bertz CT molecular complexity index is 656. The molecule has 0 saturated carbocycles. The van der Waals surface area contributed by atoms with Crippen molar-refractivity contribution in [3.63, 3.8) is 0 Å². The molecule has 0 aliphatic rings. The highest BCUT2D eigenvalue weighted by atomic mass is 16.5. The molecule has 5 heteroatoms. The number of carbonyl (C=O) groups is 2. The maximum absolute atomic E-state index is 12.3. The Morgan fingerprint density at radius 2 is 1.65 bits per heavy atom. The van der Waals surface area contributed by atoms with E-state index in [0.717, 1.165) is 6.42 Å². The van der Waals surface area contributed by atoms with Gasteiger partial charge in [-0.3, -0.25) is 9.59 Å². The average Bonchev–Trinajstić information content (AvgIpc) is 2.59. The molecule has 0 radical (unpaired) electrons. The monoisotopic (exact) mass is 312 g/mol. The molecule has 0 saturated heterocycles. The number of para-hydroxylation sites is 2. The first-order valence-electron chi connectivity index (χ1n) is 7.57. The van der Waals surface area contributed by atoms with Crippen molar-refractivity contribution in [2.45, 2.75) is 13.3 Å². The highest BCUT2D eigenvalue weighted by Crippen LogP contribution is 2.24. The van der Waals surface area contributed by atoms with Crippen LogP contribution in [0.25, 0.3) is 0 Å². The molecular weight excluding hydrogens is 292 g/mol. The van der Waals surface area contributed by atoms with Gasteiger partial charge in [-0.1, -0.05) is 37.3 Å². The van der Waals surface area contributed by atoms with Gasteiger partial charge in [0, 0.05) is 6.54 Å². The van der Waals surface area contributed by atoms with E-state index in [1.165, 1.54) is 0 Å². The second-order valence-corrected chi connectivity index (χ2v) is 4.94. The number of ether oxygens (including phenoxy) is 1. The Kier molecular flexibility index (Phi) is 6.17. The normalized spacial score (nSPS) is 9.96. The molecule has 5 nitrogen and oxygen atoms in total. The van der Waals surface area contributed by atoms with Crippen molar-refractivity contribution in [3.05, 3.63) is 60.2 Å². The lowest BCUT2D eigenvalue weighted by molar-refractivity contribution is -0.120. The number of hydrogen-bond donors (Lipinski definition) is 2. The van der Waals surface area contributed by atoms with Crippen LogP contribution in [0.15, 0.2) is 54.6 Å². The summed E-state index contributed by atoms with van der Waals surface area (Å²) in [4.78, 5) is 23.8. The fourth-order valence-corrected chi connectivity index (χ4v) is 1.94. The van der Waals surface area contributed by atoms with Gasteiger partial charge in [0.2, 0.25) is 5.91 Å². The number of nitrogens with one attached hydrogen (secondary N) is 2. The first kappa shape index (κ1) is 16.5. The Morgan fingerprint density at radius 3 is 2.39 bits per heavy atom. The molecule has 2 aromatic rings. The van der Waals surface area contributed by atoms with Gasteiger partial charge in [0.25, 0.3) is 5.91 Å². The second kappa shape index (κ2) is 8.58. The fourth-order valence-electron chi connectivity index (χ4n) is 1.94. The molecule has 0 unspecified atom stereocenters. The summed E-state index contributed by atoms with van der Waals surface area (Å²) in [6.45, 7) is 2.51. The lowest BCUT2D eigenvalue weighted by atomic mass is 10.2. The zero-order valence-electron chi connectivity index (χ0n) is 13.0. The second-order valence-electron chi connectivity index (χ2n) is 4.94. The van der Waals surface area contributed by atoms with E-state index < -0.39 is 0 Å². The van der Waals surface area contributed by atoms with E-state index in [9.17, 15) is 9.59 Å². The quantitative estimate of drug-likeness (QED) is 0.826. The highest BCUT2D eigenvalue weighted by molar-refractivity contribution is 5.98. The Hall–Kier alpha value is -2.82. The van der Waals surface area contributed by atoms with Gasteiger partial charge in [-0.25, -0.2) is 0 Å². The number of amides is 2. The highest BCUT2D eigenvalue weighted by Gasteiger charge is 2.13. The summed E-state index contributed by atoms with van der Waals surface area (Å²) >= 11 is 0. The molecule has 2 amide bonds. The summed E-state index contributed by atoms with van der Waals surface area (Å²) in [6.07, 6.45) is 0.855. The number of hydrogen-bond acceptors (Lipinski definition) is 3. The molecule has 0 aromatic heterocycles. The van der Waals surface area contributed by atoms with E-state index >= 15 is 0 Å². The third kappa shape index (κ3) is 5.14. The van der Waals surface area contributed by atoms with Crippen molar-refractivity contribution in [3.8, 4) is 11.5 Å². The predicted octanol–water partition coefficient (Wildman–Crippen LogP) is 2.73. The zero-order valence-corrected chi connectivity index (χ0v) is 13.0. The molecule has 2 N–H and O–H groups in total. The molecule has 0 spiro atoms. The van der Waals surface area contributed by atoms with E-state index in [4.69, 9.17) is 4.74 Å². The summed E-state index contributed by atoms with van der Waals surface area (Å²) in [7, 11) is 0. The van der Waals surface area contributed by atoms with Crippen molar-refractivity contribution < 1.29 is 14.3 Å². The van der Waals surface area contributed by atoms with Crippen LogP contribution in [-0.2, 0) is 4.79 Å². The molecular formula is C18H20N2O3. The van der Waals surface area contributed by atoms with Crippen LogP contribution in [-0.4, -0.2) is 24.9 Å². The standard InChI is InChI=1S/C18H20N2O3/c1-2-12-19-17(21)13-20-18(22)15-10-6-7-11-16(15)23-14-8-4-3-5-9-14/h3-11H,2,12-13H2,1H3,(H,19,21)(H,20,22). The van der Waals surface area contributed by atoms with Crippen LogP contribution < -0.4 is 15.4 Å². The predicted molar refractivity (Wildman–Crippen MR) is 88.6 cm³/mol. The van der Waals surface area contributed by atoms with Gasteiger partial charge in [0.05, 0.1) is 12.1 Å². The van der Waals surface area contributed by atoms with E-state index in [-0.39, 0.29) is 18.4 Å². The zero-order chi connectivity index (χ0) is 16.5. The van der Waals surface area contributed by atoms with E-state index in [1.54, 1.807) is 24.3 Å². The van der Waals surface area contributed by atoms with Gasteiger partial charge in [-0.2, -0.15) is 0 Å². The molecule has 2 aromatic carbocycles. The topological polar surface area (TPSA) is 67.4 Å². The first-order chi connectivity index (χ1) is 11.2. The van der Waals surface area contributed by atoms with Crippen molar-refractivity contribution in [1.29, 1.82) is 0 Å². The Labute approximate surface area is 135 Å². The molecule has 0 heterocycles. The van der Waals surface area contributed by atoms with Crippen LogP contribution >= 0.6 is 0 Å². The molecule has 0 fully saturated rings. The largest absolute Gasteiger partial charge is 0.457 e. The van der Waals surface area contributed by atoms with E-state index in [0.29, 0.717) is 23.6 Å². The molecule has 120 valence electrons. The third-order valence-electron chi connectivity index (χ3n) is 3.08. The number of benzene rings is 2. The first-order valence-corrected chi connectivity index (χ1v) is 7.57. The summed E-state index contributed by atoms with van der Waals surface area (Å²) in [6, 6.07) is 16.2. The summed E-state index contributed by atoms with van der Waals surface area (Å²) in [5.41, 5.74) is 0.389. The molecule has 0 aliphatic carbocycles. The van der Waals surface area contributed by atoms with Gasteiger partial charge in [-0.05, 0) is 30.7 Å². The van der Waals surface area contributed by atoms with E-state index in [2.05, 4.69) is 10.6 Å². The molecule has 2 rings (SSSR count). The lowest BCUT2D eigenvalue weighted by Crippen LogP contribution is -2.37. The number of carbonyl (C=O) groups excluding carboxylic acids is 2.